The number of anilines is 2. The molecule has 2 amide bonds. The summed E-state index contributed by atoms with van der Waals surface area (Å²) in [6.07, 6.45) is 0.731. The lowest BCUT2D eigenvalue weighted by Crippen LogP contribution is -2.15. The van der Waals surface area contributed by atoms with E-state index in [0.29, 0.717) is 39.3 Å². The van der Waals surface area contributed by atoms with E-state index in [0.717, 1.165) is 0 Å². The molecule has 2 N–H and O–H groups in total. The molecule has 0 aromatic heterocycles. The Hall–Kier alpha value is -2.44. The van der Waals surface area contributed by atoms with E-state index in [9.17, 15) is 9.59 Å². The van der Waals surface area contributed by atoms with E-state index in [1.54, 1.807) is 36.4 Å². The number of ether oxygens (including phenoxy) is 2. The standard InChI is InChI=1S/C19H20Cl2N2O4/c1-26-16-8-6-12(20)10-14(16)22-18(24)4-3-5-19(25)23-15-11-13(21)7-9-17(15)27-2/h6-11H,3-5H2,1-2H3,(H,22,24)(H,23,25). The molecule has 0 fully saturated rings. The quantitative estimate of drug-likeness (QED) is 0.657. The second kappa shape index (κ2) is 10.0. The van der Waals surface area contributed by atoms with Crippen LogP contribution in [0.4, 0.5) is 11.4 Å². The van der Waals surface area contributed by atoms with Crippen molar-refractivity contribution < 1.29 is 19.1 Å². The lowest BCUT2D eigenvalue weighted by atomic mass is 10.2. The predicted octanol–water partition coefficient (Wildman–Crippen LogP) is 4.76. The maximum absolute atomic E-state index is 12.1. The maximum atomic E-state index is 12.1. The van der Waals surface area contributed by atoms with Crippen molar-refractivity contribution in [3.05, 3.63) is 46.4 Å². The first-order valence-corrected chi connectivity index (χ1v) is 8.95. The third-order valence-electron chi connectivity index (χ3n) is 3.68. The summed E-state index contributed by atoms with van der Waals surface area (Å²) in [6, 6.07) is 9.90. The summed E-state index contributed by atoms with van der Waals surface area (Å²) in [5, 5.41) is 6.44. The number of methoxy groups -OCH3 is 2. The van der Waals surface area contributed by atoms with E-state index in [2.05, 4.69) is 10.6 Å². The van der Waals surface area contributed by atoms with Gasteiger partial charge in [0.1, 0.15) is 11.5 Å². The summed E-state index contributed by atoms with van der Waals surface area (Å²) in [4.78, 5) is 24.2. The van der Waals surface area contributed by atoms with Crippen molar-refractivity contribution in [2.24, 2.45) is 0 Å². The Balaban J connectivity index is 1.84. The Morgan fingerprint density at radius 2 is 1.22 bits per heavy atom. The van der Waals surface area contributed by atoms with Crippen molar-refractivity contribution in [3.63, 3.8) is 0 Å². The Bertz CT molecular complexity index is 760. The molecule has 0 spiro atoms. The summed E-state index contributed by atoms with van der Waals surface area (Å²) in [6.45, 7) is 0. The number of benzene rings is 2. The maximum Gasteiger partial charge on any atom is 0.224 e. The molecule has 0 saturated carbocycles. The fourth-order valence-corrected chi connectivity index (χ4v) is 2.73. The van der Waals surface area contributed by atoms with Crippen LogP contribution in [0, 0.1) is 0 Å². The van der Waals surface area contributed by atoms with Gasteiger partial charge in [-0.25, -0.2) is 0 Å². The van der Waals surface area contributed by atoms with Crippen LogP contribution in [0.3, 0.4) is 0 Å². The van der Waals surface area contributed by atoms with Gasteiger partial charge >= 0.3 is 0 Å². The highest BCUT2D eigenvalue weighted by atomic mass is 35.5. The van der Waals surface area contributed by atoms with Crippen molar-refractivity contribution in [1.82, 2.24) is 0 Å². The van der Waals surface area contributed by atoms with Crippen LogP contribution < -0.4 is 20.1 Å². The highest BCUT2D eigenvalue weighted by molar-refractivity contribution is 6.31. The monoisotopic (exact) mass is 410 g/mol. The zero-order valence-electron chi connectivity index (χ0n) is 15.0. The number of hydrogen-bond acceptors (Lipinski definition) is 4. The summed E-state index contributed by atoms with van der Waals surface area (Å²) >= 11 is 11.9. The molecule has 0 heterocycles. The van der Waals surface area contributed by atoms with Gasteiger partial charge in [-0.1, -0.05) is 23.2 Å². The van der Waals surface area contributed by atoms with Crippen LogP contribution in [-0.4, -0.2) is 26.0 Å². The molecule has 2 rings (SSSR count). The fraction of sp³-hybridized carbons (Fsp3) is 0.263. The van der Waals surface area contributed by atoms with E-state index in [1.165, 1.54) is 14.2 Å². The summed E-state index contributed by atoms with van der Waals surface area (Å²) < 4.78 is 10.4. The first kappa shape index (κ1) is 20.9. The molecule has 0 aliphatic heterocycles. The normalized spacial score (nSPS) is 10.2. The predicted molar refractivity (Wildman–Crippen MR) is 107 cm³/mol. The average Bonchev–Trinajstić information content (AvgIpc) is 2.62. The average molecular weight is 411 g/mol. The molecule has 2 aromatic rings. The minimum atomic E-state index is -0.233. The zero-order chi connectivity index (χ0) is 19.8. The van der Waals surface area contributed by atoms with Gasteiger partial charge in [0.05, 0.1) is 25.6 Å². The van der Waals surface area contributed by atoms with Gasteiger partial charge in [-0.05, 0) is 42.8 Å². The van der Waals surface area contributed by atoms with Crippen molar-refractivity contribution >= 4 is 46.4 Å². The Morgan fingerprint density at radius 3 is 1.59 bits per heavy atom. The van der Waals surface area contributed by atoms with Gasteiger partial charge in [-0.3, -0.25) is 9.59 Å². The number of rotatable bonds is 8. The second-order valence-corrected chi connectivity index (χ2v) is 6.51. The van der Waals surface area contributed by atoms with Gasteiger partial charge in [0, 0.05) is 22.9 Å². The van der Waals surface area contributed by atoms with Crippen LogP contribution in [0.15, 0.2) is 36.4 Å². The summed E-state index contributed by atoms with van der Waals surface area (Å²) in [7, 11) is 3.01. The molecule has 0 aliphatic rings. The van der Waals surface area contributed by atoms with E-state index in [1.807, 2.05) is 0 Å². The third kappa shape index (κ3) is 6.34. The lowest BCUT2D eigenvalue weighted by molar-refractivity contribution is -0.117. The molecule has 0 atom stereocenters. The van der Waals surface area contributed by atoms with Crippen LogP contribution >= 0.6 is 23.2 Å². The van der Waals surface area contributed by atoms with Crippen molar-refractivity contribution in [3.8, 4) is 11.5 Å². The highest BCUT2D eigenvalue weighted by Crippen LogP contribution is 2.29. The molecular formula is C19H20Cl2N2O4. The fourth-order valence-electron chi connectivity index (χ4n) is 2.39. The van der Waals surface area contributed by atoms with Gasteiger partial charge in [-0.15, -0.1) is 0 Å². The van der Waals surface area contributed by atoms with Crippen LogP contribution in [0.25, 0.3) is 0 Å². The molecular weight excluding hydrogens is 391 g/mol. The Labute approximate surface area is 167 Å². The molecule has 6 nitrogen and oxygen atoms in total. The summed E-state index contributed by atoms with van der Waals surface area (Å²) in [5.74, 6) is 0.560. The topological polar surface area (TPSA) is 76.7 Å². The molecule has 0 saturated heterocycles. The molecule has 144 valence electrons. The number of carbonyl (C=O) groups excluding carboxylic acids is 2. The van der Waals surface area contributed by atoms with Gasteiger partial charge in [0.25, 0.3) is 0 Å². The SMILES string of the molecule is COc1ccc(Cl)cc1NC(=O)CCCC(=O)Nc1cc(Cl)ccc1OC. The number of hydrogen-bond donors (Lipinski definition) is 2. The van der Waals surface area contributed by atoms with Crippen molar-refractivity contribution in [2.75, 3.05) is 24.9 Å². The van der Waals surface area contributed by atoms with E-state index in [4.69, 9.17) is 32.7 Å². The number of halogens is 2. The minimum absolute atomic E-state index is 0.176. The zero-order valence-corrected chi connectivity index (χ0v) is 16.5. The molecule has 0 radical (unpaired) electrons. The van der Waals surface area contributed by atoms with E-state index < -0.39 is 0 Å². The highest BCUT2D eigenvalue weighted by Gasteiger charge is 2.11. The largest absolute Gasteiger partial charge is 0.495 e. The van der Waals surface area contributed by atoms with Crippen LogP contribution in [0.5, 0.6) is 11.5 Å². The molecule has 8 heteroatoms. The third-order valence-corrected chi connectivity index (χ3v) is 4.15. The van der Waals surface area contributed by atoms with Crippen LogP contribution in [-0.2, 0) is 9.59 Å². The number of nitrogens with one attached hydrogen (secondary N) is 2. The molecule has 0 unspecified atom stereocenters. The van der Waals surface area contributed by atoms with Crippen LogP contribution in [0.1, 0.15) is 19.3 Å². The second-order valence-electron chi connectivity index (χ2n) is 5.64. The number of carbonyl (C=O) groups is 2. The smallest absolute Gasteiger partial charge is 0.224 e. The van der Waals surface area contributed by atoms with Gasteiger partial charge in [0.2, 0.25) is 11.8 Å². The number of amides is 2. The first-order chi connectivity index (χ1) is 12.9. The molecule has 27 heavy (non-hydrogen) atoms. The van der Waals surface area contributed by atoms with Gasteiger partial charge < -0.3 is 20.1 Å². The molecule has 0 bridgehead atoms. The van der Waals surface area contributed by atoms with Crippen LogP contribution in [0.2, 0.25) is 10.0 Å². The Kier molecular flexibility index (Phi) is 7.76. The van der Waals surface area contributed by atoms with Gasteiger partial charge in [-0.2, -0.15) is 0 Å². The Morgan fingerprint density at radius 1 is 0.815 bits per heavy atom. The van der Waals surface area contributed by atoms with Gasteiger partial charge in [0.15, 0.2) is 0 Å². The van der Waals surface area contributed by atoms with E-state index >= 15 is 0 Å². The molecule has 0 aliphatic carbocycles. The molecule has 2 aromatic carbocycles. The minimum Gasteiger partial charge on any atom is -0.495 e. The van der Waals surface area contributed by atoms with Crippen molar-refractivity contribution in [2.45, 2.75) is 19.3 Å². The lowest BCUT2D eigenvalue weighted by Gasteiger charge is -2.11. The van der Waals surface area contributed by atoms with E-state index in [-0.39, 0.29) is 24.7 Å². The first-order valence-electron chi connectivity index (χ1n) is 8.19. The van der Waals surface area contributed by atoms with Crippen molar-refractivity contribution in [1.29, 1.82) is 0 Å². The summed E-state index contributed by atoms with van der Waals surface area (Å²) in [5.41, 5.74) is 0.978.